The number of carboxylic acid groups (broad SMARTS) is 1. The highest BCUT2D eigenvalue weighted by Gasteiger charge is 2.23. The molecule has 0 saturated heterocycles. The van der Waals surface area contributed by atoms with Crippen LogP contribution < -0.4 is 10.2 Å². The van der Waals surface area contributed by atoms with E-state index in [1.54, 1.807) is 35.2 Å². The van der Waals surface area contributed by atoms with Gasteiger partial charge in [-0.05, 0) is 25.1 Å². The molecule has 0 saturated carbocycles. The molecule has 0 aliphatic rings. The first kappa shape index (κ1) is 19.9. The van der Waals surface area contributed by atoms with Crippen molar-refractivity contribution >= 4 is 29.2 Å². The summed E-state index contributed by atoms with van der Waals surface area (Å²) in [6, 6.07) is 9.50. The zero-order valence-electron chi connectivity index (χ0n) is 14.9. The zero-order valence-corrected chi connectivity index (χ0v) is 16.4. The van der Waals surface area contributed by atoms with Gasteiger partial charge >= 0.3 is 5.97 Å². The third kappa shape index (κ3) is 4.03. The molecular weight excluding hydrogens is 403 g/mol. The molecule has 2 aromatic heterocycles. The maximum absolute atomic E-state index is 12.6. The topological polar surface area (TPSA) is 81.4 Å². The summed E-state index contributed by atoms with van der Waals surface area (Å²) < 4.78 is 7.44. The zero-order chi connectivity index (χ0) is 20.3. The number of carboxylic acids is 1. The van der Waals surface area contributed by atoms with Crippen LogP contribution in [0.3, 0.4) is 0 Å². The van der Waals surface area contributed by atoms with Crippen molar-refractivity contribution in [3.05, 3.63) is 80.2 Å². The summed E-state index contributed by atoms with van der Waals surface area (Å²) in [5.74, 6) is -1.07. The van der Waals surface area contributed by atoms with E-state index >= 15 is 0 Å². The fourth-order valence-electron chi connectivity index (χ4n) is 2.85. The minimum atomic E-state index is -1.33. The molecule has 1 N–H and O–H groups in total. The Morgan fingerprint density at radius 1 is 1.21 bits per heavy atom. The number of hydrogen-bond acceptors (Lipinski definition) is 4. The standard InChI is InChI=1S/C20H16Cl2N2O4/c1-2-24-17(28-11-12-4-3-7-23-10-12)9-16(25)18(20(26)27)19(24)13-5-6-14(21)15(22)8-13/h3-10H,2,11H2,1H3,(H,26,27). The lowest BCUT2D eigenvalue weighted by atomic mass is 10.0. The van der Waals surface area contributed by atoms with Gasteiger partial charge in [0.15, 0.2) is 5.88 Å². The number of pyridine rings is 2. The van der Waals surface area contributed by atoms with E-state index in [9.17, 15) is 14.7 Å². The molecule has 0 unspecified atom stereocenters. The Morgan fingerprint density at radius 2 is 2.00 bits per heavy atom. The summed E-state index contributed by atoms with van der Waals surface area (Å²) in [5.41, 5.74) is 0.476. The second kappa shape index (κ2) is 8.46. The van der Waals surface area contributed by atoms with Crippen LogP contribution in [0.2, 0.25) is 10.0 Å². The number of rotatable bonds is 6. The summed E-state index contributed by atoms with van der Waals surface area (Å²) in [5, 5.41) is 10.2. The maximum atomic E-state index is 12.6. The van der Waals surface area contributed by atoms with Crippen molar-refractivity contribution in [2.75, 3.05) is 0 Å². The van der Waals surface area contributed by atoms with Crippen molar-refractivity contribution in [1.29, 1.82) is 0 Å². The number of carbonyl (C=O) groups is 1. The molecule has 3 aromatic rings. The van der Waals surface area contributed by atoms with Crippen molar-refractivity contribution in [3.8, 4) is 17.1 Å². The van der Waals surface area contributed by atoms with Crippen LogP contribution in [-0.4, -0.2) is 20.6 Å². The van der Waals surface area contributed by atoms with E-state index in [-0.39, 0.29) is 28.8 Å². The summed E-state index contributed by atoms with van der Waals surface area (Å²) in [4.78, 5) is 28.4. The van der Waals surface area contributed by atoms with Gasteiger partial charge in [0, 0.05) is 36.1 Å². The molecule has 0 amide bonds. The van der Waals surface area contributed by atoms with Gasteiger partial charge in [0.05, 0.1) is 15.7 Å². The Hall–Kier alpha value is -2.83. The van der Waals surface area contributed by atoms with Crippen LogP contribution in [0.5, 0.6) is 5.88 Å². The van der Waals surface area contributed by atoms with Gasteiger partial charge in [-0.1, -0.05) is 35.3 Å². The smallest absolute Gasteiger partial charge is 0.341 e. The number of aromatic carboxylic acids is 1. The molecule has 0 radical (unpaired) electrons. The van der Waals surface area contributed by atoms with Crippen molar-refractivity contribution in [2.45, 2.75) is 20.1 Å². The van der Waals surface area contributed by atoms with E-state index < -0.39 is 11.4 Å². The minimum absolute atomic E-state index is 0.181. The van der Waals surface area contributed by atoms with Gasteiger partial charge in [-0.3, -0.25) is 9.78 Å². The summed E-state index contributed by atoms with van der Waals surface area (Å²) in [7, 11) is 0. The fourth-order valence-corrected chi connectivity index (χ4v) is 3.15. The van der Waals surface area contributed by atoms with Crippen molar-refractivity contribution in [3.63, 3.8) is 0 Å². The first-order valence-electron chi connectivity index (χ1n) is 8.40. The third-order valence-electron chi connectivity index (χ3n) is 4.11. The van der Waals surface area contributed by atoms with Crippen LogP contribution in [-0.2, 0) is 13.2 Å². The molecule has 0 atom stereocenters. The fraction of sp³-hybridized carbons (Fsp3) is 0.150. The quantitative estimate of drug-likeness (QED) is 0.636. The molecule has 144 valence electrons. The second-order valence-corrected chi connectivity index (χ2v) is 6.71. The lowest BCUT2D eigenvalue weighted by Crippen LogP contribution is -2.22. The van der Waals surface area contributed by atoms with E-state index in [0.29, 0.717) is 17.1 Å². The lowest BCUT2D eigenvalue weighted by Gasteiger charge is -2.20. The van der Waals surface area contributed by atoms with Crippen molar-refractivity contribution in [1.82, 2.24) is 9.55 Å². The predicted octanol–water partition coefficient (Wildman–Crippen LogP) is 4.51. The van der Waals surface area contributed by atoms with Gasteiger partial charge in [-0.15, -0.1) is 0 Å². The normalized spacial score (nSPS) is 10.7. The first-order valence-corrected chi connectivity index (χ1v) is 9.16. The third-order valence-corrected chi connectivity index (χ3v) is 4.85. The summed E-state index contributed by atoms with van der Waals surface area (Å²) in [6.07, 6.45) is 3.30. The van der Waals surface area contributed by atoms with Gasteiger partial charge in [-0.2, -0.15) is 0 Å². The molecule has 2 heterocycles. The molecule has 0 spiro atoms. The van der Waals surface area contributed by atoms with Gasteiger partial charge in [-0.25, -0.2) is 4.79 Å². The number of hydrogen-bond donors (Lipinski definition) is 1. The van der Waals surface area contributed by atoms with E-state index in [4.69, 9.17) is 27.9 Å². The van der Waals surface area contributed by atoms with Crippen LogP contribution >= 0.6 is 23.2 Å². The lowest BCUT2D eigenvalue weighted by molar-refractivity contribution is 0.0695. The molecule has 0 aliphatic heterocycles. The summed E-state index contributed by atoms with van der Waals surface area (Å²) >= 11 is 12.1. The molecule has 8 heteroatoms. The first-order chi connectivity index (χ1) is 13.4. The Kier molecular flexibility index (Phi) is 6.02. The summed E-state index contributed by atoms with van der Waals surface area (Å²) in [6.45, 7) is 2.38. The predicted molar refractivity (Wildman–Crippen MR) is 107 cm³/mol. The monoisotopic (exact) mass is 418 g/mol. The van der Waals surface area contributed by atoms with Crippen LogP contribution in [0.25, 0.3) is 11.3 Å². The number of benzene rings is 1. The maximum Gasteiger partial charge on any atom is 0.341 e. The highest BCUT2D eigenvalue weighted by molar-refractivity contribution is 6.42. The number of ether oxygens (including phenoxy) is 1. The number of nitrogens with zero attached hydrogens (tertiary/aromatic N) is 2. The molecular formula is C20H16Cl2N2O4. The molecule has 0 bridgehead atoms. The molecule has 0 aliphatic carbocycles. The number of aromatic nitrogens is 2. The largest absolute Gasteiger partial charge is 0.477 e. The molecule has 0 fully saturated rings. The van der Waals surface area contributed by atoms with Crippen molar-refractivity contribution < 1.29 is 14.6 Å². The van der Waals surface area contributed by atoms with Gasteiger partial charge in [0.25, 0.3) is 0 Å². The Morgan fingerprint density at radius 3 is 2.61 bits per heavy atom. The van der Waals surface area contributed by atoms with Gasteiger partial charge in [0.1, 0.15) is 12.2 Å². The average molecular weight is 419 g/mol. The molecule has 1 aromatic carbocycles. The Balaban J connectivity index is 2.17. The van der Waals surface area contributed by atoms with Gasteiger partial charge < -0.3 is 14.4 Å². The Labute approximate surface area is 170 Å². The molecule has 3 rings (SSSR count). The van der Waals surface area contributed by atoms with E-state index in [1.807, 2.05) is 13.0 Å². The van der Waals surface area contributed by atoms with Crippen LogP contribution in [0.1, 0.15) is 22.8 Å². The molecule has 28 heavy (non-hydrogen) atoms. The minimum Gasteiger partial charge on any atom is -0.477 e. The SMILES string of the molecule is CCn1c(OCc2cccnc2)cc(=O)c(C(=O)O)c1-c1ccc(Cl)c(Cl)c1. The Bertz CT molecular complexity index is 1080. The van der Waals surface area contributed by atoms with Crippen LogP contribution in [0.4, 0.5) is 0 Å². The van der Waals surface area contributed by atoms with E-state index in [1.165, 1.54) is 12.1 Å². The van der Waals surface area contributed by atoms with E-state index in [2.05, 4.69) is 4.98 Å². The highest BCUT2D eigenvalue weighted by Crippen LogP contribution is 2.32. The average Bonchev–Trinajstić information content (AvgIpc) is 2.68. The van der Waals surface area contributed by atoms with Crippen molar-refractivity contribution in [2.24, 2.45) is 0 Å². The van der Waals surface area contributed by atoms with Crippen LogP contribution in [0, 0.1) is 0 Å². The second-order valence-electron chi connectivity index (χ2n) is 5.90. The van der Waals surface area contributed by atoms with Crippen LogP contribution in [0.15, 0.2) is 53.6 Å². The highest BCUT2D eigenvalue weighted by atomic mass is 35.5. The number of halogens is 2. The molecule has 6 nitrogen and oxygen atoms in total. The van der Waals surface area contributed by atoms with Gasteiger partial charge in [0.2, 0.25) is 5.43 Å². The van der Waals surface area contributed by atoms with E-state index in [0.717, 1.165) is 5.56 Å².